The Morgan fingerprint density at radius 1 is 0.967 bits per heavy atom. The largest absolute Gasteiger partial charge is 0.328 e. The summed E-state index contributed by atoms with van der Waals surface area (Å²) in [5.41, 5.74) is 15.7. The van der Waals surface area contributed by atoms with Crippen LogP contribution in [0.15, 0.2) is 54.7 Å². The third-order valence-corrected chi connectivity index (χ3v) is 6.39. The first-order valence-electron chi connectivity index (χ1n) is 10.8. The summed E-state index contributed by atoms with van der Waals surface area (Å²) in [6.45, 7) is 0.886. The average Bonchev–Trinajstić information content (AvgIpc) is 2.81. The van der Waals surface area contributed by atoms with Gasteiger partial charge in [-0.1, -0.05) is 36.4 Å². The molecular formula is C24H28N6. The molecule has 1 saturated carbocycles. The third-order valence-electron chi connectivity index (χ3n) is 6.39. The highest BCUT2D eigenvalue weighted by Gasteiger charge is 2.35. The van der Waals surface area contributed by atoms with Gasteiger partial charge in [0.15, 0.2) is 0 Å². The van der Waals surface area contributed by atoms with Crippen molar-refractivity contribution in [3.63, 3.8) is 0 Å². The van der Waals surface area contributed by atoms with Crippen LogP contribution in [0.2, 0.25) is 0 Å². The second-order valence-electron chi connectivity index (χ2n) is 8.53. The van der Waals surface area contributed by atoms with Crippen LogP contribution in [0.5, 0.6) is 0 Å². The van der Waals surface area contributed by atoms with E-state index in [1.165, 1.54) is 5.56 Å². The van der Waals surface area contributed by atoms with Gasteiger partial charge in [-0.2, -0.15) is 0 Å². The Morgan fingerprint density at radius 3 is 2.57 bits per heavy atom. The Kier molecular flexibility index (Phi) is 4.97. The monoisotopic (exact) mass is 400 g/mol. The minimum atomic E-state index is -0.496. The van der Waals surface area contributed by atoms with Crippen molar-refractivity contribution in [3.8, 4) is 11.3 Å². The molecule has 0 atom stereocenters. The molecular weight excluding hydrogens is 372 g/mol. The number of pyridine rings is 1. The fraction of sp³-hybridized carbons (Fsp3) is 0.375. The van der Waals surface area contributed by atoms with Crippen molar-refractivity contribution in [1.82, 2.24) is 15.0 Å². The highest BCUT2D eigenvalue weighted by molar-refractivity contribution is 5.67. The summed E-state index contributed by atoms with van der Waals surface area (Å²) >= 11 is 0. The number of aromatic nitrogens is 3. The lowest BCUT2D eigenvalue weighted by Crippen LogP contribution is -2.45. The van der Waals surface area contributed by atoms with Crippen LogP contribution in [0.3, 0.4) is 0 Å². The maximum atomic E-state index is 6.72. The third kappa shape index (κ3) is 3.57. The molecule has 6 heteroatoms. The zero-order valence-corrected chi connectivity index (χ0v) is 17.2. The standard InChI is InChI=1S/C24H28N6/c25-19-10-13-24(26,14-11-19)23-27-15-12-21(29-23)30-16-4-7-18-8-9-20(28-22(18)30)17-5-2-1-3-6-17/h1-3,5-6,8-9,12,15,19H,4,7,10-11,13-14,16,25-26H2. The van der Waals surface area contributed by atoms with Crippen molar-refractivity contribution in [2.24, 2.45) is 11.5 Å². The number of fused-ring (bicyclic) bond motifs is 1. The molecule has 6 nitrogen and oxygen atoms in total. The zero-order valence-electron chi connectivity index (χ0n) is 17.2. The van der Waals surface area contributed by atoms with Gasteiger partial charge < -0.3 is 16.4 Å². The topological polar surface area (TPSA) is 94.0 Å². The molecule has 3 aromatic rings. The van der Waals surface area contributed by atoms with Crippen LogP contribution in [-0.4, -0.2) is 27.5 Å². The second-order valence-corrected chi connectivity index (χ2v) is 8.53. The first-order chi connectivity index (χ1) is 14.6. The summed E-state index contributed by atoms with van der Waals surface area (Å²) in [7, 11) is 0. The van der Waals surface area contributed by atoms with Gasteiger partial charge in [0.1, 0.15) is 17.5 Å². The molecule has 0 bridgehead atoms. The Labute approximate surface area is 177 Å². The van der Waals surface area contributed by atoms with Gasteiger partial charge >= 0.3 is 0 Å². The Balaban J connectivity index is 1.51. The predicted molar refractivity (Wildman–Crippen MR) is 119 cm³/mol. The number of hydrogen-bond donors (Lipinski definition) is 2. The van der Waals surface area contributed by atoms with E-state index < -0.39 is 5.54 Å². The summed E-state index contributed by atoms with van der Waals surface area (Å²) in [6, 6.07) is 16.8. The van der Waals surface area contributed by atoms with Crippen LogP contribution >= 0.6 is 0 Å². The number of rotatable bonds is 3. The van der Waals surface area contributed by atoms with Gasteiger partial charge in [-0.05, 0) is 56.2 Å². The van der Waals surface area contributed by atoms with E-state index in [9.17, 15) is 0 Å². The van der Waals surface area contributed by atoms with Crippen LogP contribution < -0.4 is 16.4 Å². The summed E-state index contributed by atoms with van der Waals surface area (Å²) in [6.07, 6.45) is 7.41. The molecule has 30 heavy (non-hydrogen) atoms. The summed E-state index contributed by atoms with van der Waals surface area (Å²) in [4.78, 5) is 16.7. The van der Waals surface area contributed by atoms with Gasteiger partial charge in [-0.15, -0.1) is 0 Å². The lowest BCUT2D eigenvalue weighted by molar-refractivity contribution is 0.264. The molecule has 5 rings (SSSR count). The Hall–Kier alpha value is -2.83. The lowest BCUT2D eigenvalue weighted by atomic mass is 9.80. The predicted octanol–water partition coefficient (Wildman–Crippen LogP) is 3.68. The highest BCUT2D eigenvalue weighted by atomic mass is 15.3. The van der Waals surface area contributed by atoms with E-state index in [0.717, 1.165) is 73.8 Å². The molecule has 1 fully saturated rings. The van der Waals surface area contributed by atoms with Gasteiger partial charge in [0, 0.05) is 24.3 Å². The molecule has 0 unspecified atom stereocenters. The summed E-state index contributed by atoms with van der Waals surface area (Å²) < 4.78 is 0. The van der Waals surface area contributed by atoms with E-state index >= 15 is 0 Å². The molecule has 2 aromatic heterocycles. The molecule has 1 aromatic carbocycles. The number of anilines is 2. The lowest BCUT2D eigenvalue weighted by Gasteiger charge is -2.35. The Morgan fingerprint density at radius 2 is 1.77 bits per heavy atom. The maximum Gasteiger partial charge on any atom is 0.150 e. The van der Waals surface area contributed by atoms with E-state index in [-0.39, 0.29) is 6.04 Å². The number of hydrogen-bond acceptors (Lipinski definition) is 6. The number of nitrogens with two attached hydrogens (primary N) is 2. The minimum Gasteiger partial charge on any atom is -0.328 e. The van der Waals surface area contributed by atoms with Gasteiger partial charge in [0.2, 0.25) is 0 Å². The van der Waals surface area contributed by atoms with Crippen LogP contribution in [0.25, 0.3) is 11.3 Å². The first kappa shape index (κ1) is 19.2. The second kappa shape index (κ2) is 7.78. The van der Waals surface area contributed by atoms with E-state index in [0.29, 0.717) is 0 Å². The Bertz CT molecular complexity index is 1030. The van der Waals surface area contributed by atoms with Crippen molar-refractivity contribution in [1.29, 1.82) is 0 Å². The molecule has 0 saturated heterocycles. The molecule has 154 valence electrons. The van der Waals surface area contributed by atoms with E-state index in [2.05, 4.69) is 34.1 Å². The molecule has 3 heterocycles. The van der Waals surface area contributed by atoms with E-state index in [4.69, 9.17) is 21.4 Å². The van der Waals surface area contributed by atoms with Gasteiger partial charge in [0.05, 0.1) is 11.2 Å². The van der Waals surface area contributed by atoms with Crippen LogP contribution in [0.4, 0.5) is 11.6 Å². The number of benzene rings is 1. The van der Waals surface area contributed by atoms with Crippen molar-refractivity contribution < 1.29 is 0 Å². The van der Waals surface area contributed by atoms with Crippen molar-refractivity contribution in [3.05, 3.63) is 66.1 Å². The summed E-state index contributed by atoms with van der Waals surface area (Å²) in [5.74, 6) is 2.58. The molecule has 0 amide bonds. The maximum absolute atomic E-state index is 6.72. The fourth-order valence-corrected chi connectivity index (χ4v) is 4.55. The SMILES string of the molecule is NC1CCC(N)(c2nccc(N3CCCc4ccc(-c5ccccc5)nc43)n2)CC1. The number of nitrogens with zero attached hydrogens (tertiary/aromatic N) is 4. The molecule has 0 radical (unpaired) electrons. The molecule has 2 aliphatic rings. The average molecular weight is 401 g/mol. The van der Waals surface area contributed by atoms with Crippen molar-refractivity contribution >= 4 is 11.6 Å². The number of aryl methyl sites for hydroxylation is 1. The van der Waals surface area contributed by atoms with Crippen LogP contribution in [0.1, 0.15) is 43.5 Å². The quantitative estimate of drug-likeness (QED) is 0.697. The van der Waals surface area contributed by atoms with E-state index in [1.54, 1.807) is 0 Å². The van der Waals surface area contributed by atoms with Gasteiger partial charge in [-0.25, -0.2) is 15.0 Å². The van der Waals surface area contributed by atoms with Crippen molar-refractivity contribution in [2.45, 2.75) is 50.1 Å². The molecule has 1 aliphatic carbocycles. The molecule has 4 N–H and O–H groups in total. The fourth-order valence-electron chi connectivity index (χ4n) is 4.55. The molecule has 1 aliphatic heterocycles. The zero-order chi connectivity index (χ0) is 20.6. The first-order valence-corrected chi connectivity index (χ1v) is 10.8. The highest BCUT2D eigenvalue weighted by Crippen LogP contribution is 2.36. The summed E-state index contributed by atoms with van der Waals surface area (Å²) in [5, 5.41) is 0. The van der Waals surface area contributed by atoms with Gasteiger partial charge in [-0.3, -0.25) is 0 Å². The van der Waals surface area contributed by atoms with Crippen molar-refractivity contribution in [2.75, 3.05) is 11.4 Å². The minimum absolute atomic E-state index is 0.236. The van der Waals surface area contributed by atoms with Gasteiger partial charge in [0.25, 0.3) is 0 Å². The normalized spacial score (nSPS) is 23.8. The smallest absolute Gasteiger partial charge is 0.150 e. The van der Waals surface area contributed by atoms with E-state index in [1.807, 2.05) is 30.5 Å². The van der Waals surface area contributed by atoms with Crippen LogP contribution in [0, 0.1) is 0 Å². The molecule has 0 spiro atoms. The van der Waals surface area contributed by atoms with Crippen LogP contribution in [-0.2, 0) is 12.0 Å².